The van der Waals surface area contributed by atoms with E-state index in [-0.39, 0.29) is 0 Å². The third-order valence-electron chi connectivity index (χ3n) is 2.31. The molecule has 1 aliphatic rings. The molecular formula is C9H11Br2NO. The van der Waals surface area contributed by atoms with Gasteiger partial charge in [-0.3, -0.25) is 0 Å². The first-order valence-electron chi connectivity index (χ1n) is 4.43. The highest BCUT2D eigenvalue weighted by Crippen LogP contribution is 2.28. The molecule has 0 spiro atoms. The van der Waals surface area contributed by atoms with E-state index < -0.39 is 0 Å². The molecule has 13 heavy (non-hydrogen) atoms. The van der Waals surface area contributed by atoms with Gasteiger partial charge in [0.2, 0.25) is 0 Å². The first kappa shape index (κ1) is 9.74. The molecule has 0 radical (unpaired) electrons. The van der Waals surface area contributed by atoms with Crippen molar-refractivity contribution in [1.82, 2.24) is 5.32 Å². The summed E-state index contributed by atoms with van der Waals surface area (Å²) in [5.74, 6) is 1.04. The van der Waals surface area contributed by atoms with Crippen molar-refractivity contribution in [1.29, 1.82) is 0 Å². The van der Waals surface area contributed by atoms with E-state index in [0.717, 1.165) is 27.9 Å². The van der Waals surface area contributed by atoms with Crippen molar-refractivity contribution in [3.8, 4) is 0 Å². The van der Waals surface area contributed by atoms with Crippen LogP contribution in [-0.4, -0.2) is 12.6 Å². The molecule has 1 saturated heterocycles. The average Bonchev–Trinajstić information content (AvgIpc) is 2.64. The Hall–Kier alpha value is 0.200. The summed E-state index contributed by atoms with van der Waals surface area (Å²) in [6, 6.07) is 2.63. The summed E-state index contributed by atoms with van der Waals surface area (Å²) in [5, 5.41) is 3.44. The number of halogens is 2. The van der Waals surface area contributed by atoms with Crippen molar-refractivity contribution < 1.29 is 4.42 Å². The fourth-order valence-electron chi connectivity index (χ4n) is 1.67. The van der Waals surface area contributed by atoms with Gasteiger partial charge in [0.05, 0.1) is 4.47 Å². The van der Waals surface area contributed by atoms with Crippen LogP contribution in [0.1, 0.15) is 18.6 Å². The Kier molecular flexibility index (Phi) is 3.11. The maximum Gasteiger partial charge on any atom is 0.183 e. The van der Waals surface area contributed by atoms with Gasteiger partial charge in [-0.15, -0.1) is 0 Å². The van der Waals surface area contributed by atoms with Crippen LogP contribution >= 0.6 is 31.9 Å². The van der Waals surface area contributed by atoms with Crippen molar-refractivity contribution in [2.24, 2.45) is 0 Å². The summed E-state index contributed by atoms with van der Waals surface area (Å²) in [5.41, 5.74) is 0. The largest absolute Gasteiger partial charge is 0.453 e. The molecule has 0 saturated carbocycles. The van der Waals surface area contributed by atoms with Gasteiger partial charge < -0.3 is 9.73 Å². The van der Waals surface area contributed by atoms with Gasteiger partial charge in [-0.1, -0.05) is 0 Å². The van der Waals surface area contributed by atoms with Crippen LogP contribution in [0.5, 0.6) is 0 Å². The monoisotopic (exact) mass is 307 g/mol. The molecule has 2 nitrogen and oxygen atoms in total. The van der Waals surface area contributed by atoms with E-state index in [0.29, 0.717) is 6.04 Å². The Labute approximate surface area is 94.3 Å². The van der Waals surface area contributed by atoms with E-state index in [9.17, 15) is 0 Å². The smallest absolute Gasteiger partial charge is 0.183 e. The molecule has 1 fully saturated rings. The Morgan fingerprint density at radius 3 is 2.92 bits per heavy atom. The molecule has 1 atom stereocenters. The predicted molar refractivity (Wildman–Crippen MR) is 58.8 cm³/mol. The van der Waals surface area contributed by atoms with Gasteiger partial charge in [0.25, 0.3) is 0 Å². The van der Waals surface area contributed by atoms with Crippen LogP contribution in [0.4, 0.5) is 0 Å². The van der Waals surface area contributed by atoms with Crippen molar-refractivity contribution >= 4 is 31.9 Å². The number of nitrogens with one attached hydrogen (secondary N) is 1. The second kappa shape index (κ2) is 4.15. The Morgan fingerprint density at radius 1 is 1.54 bits per heavy atom. The summed E-state index contributed by atoms with van der Waals surface area (Å²) in [7, 11) is 0. The third-order valence-corrected chi connectivity index (χ3v) is 4.02. The van der Waals surface area contributed by atoms with Crippen LogP contribution in [0.25, 0.3) is 0 Å². The van der Waals surface area contributed by atoms with E-state index in [1.54, 1.807) is 0 Å². The zero-order valence-electron chi connectivity index (χ0n) is 7.15. The van der Waals surface area contributed by atoms with Crippen molar-refractivity contribution in [3.05, 3.63) is 21.0 Å². The zero-order valence-corrected chi connectivity index (χ0v) is 10.3. The van der Waals surface area contributed by atoms with E-state index in [1.165, 1.54) is 12.8 Å². The second-order valence-corrected chi connectivity index (χ2v) is 4.91. The number of rotatable bonds is 2. The first-order chi connectivity index (χ1) is 6.25. The maximum absolute atomic E-state index is 5.51. The molecule has 72 valence electrons. The van der Waals surface area contributed by atoms with Crippen LogP contribution in [0.3, 0.4) is 0 Å². The highest BCUT2D eigenvalue weighted by Gasteiger charge is 2.17. The summed E-state index contributed by atoms with van der Waals surface area (Å²) >= 11 is 6.74. The fraction of sp³-hybridized carbons (Fsp3) is 0.556. The SMILES string of the molecule is Brc1cc(CC2CCCN2)oc1Br. The minimum absolute atomic E-state index is 0.602. The molecule has 0 bridgehead atoms. The standard InChI is InChI=1S/C9H11Br2NO/c10-8-5-7(13-9(8)11)4-6-2-1-3-12-6/h5-6,12H,1-4H2. The molecule has 1 aromatic rings. The number of hydrogen-bond donors (Lipinski definition) is 1. The highest BCUT2D eigenvalue weighted by atomic mass is 79.9. The third kappa shape index (κ3) is 2.36. The lowest BCUT2D eigenvalue weighted by atomic mass is 10.1. The molecule has 1 aliphatic heterocycles. The molecule has 2 heterocycles. The van der Waals surface area contributed by atoms with Crippen molar-refractivity contribution in [3.63, 3.8) is 0 Å². The average molecular weight is 309 g/mol. The zero-order chi connectivity index (χ0) is 9.26. The maximum atomic E-state index is 5.51. The highest BCUT2D eigenvalue weighted by molar-refractivity contribution is 9.13. The first-order valence-corrected chi connectivity index (χ1v) is 6.01. The topological polar surface area (TPSA) is 25.2 Å². The molecular weight excluding hydrogens is 298 g/mol. The second-order valence-electron chi connectivity index (χ2n) is 3.33. The Morgan fingerprint density at radius 2 is 2.38 bits per heavy atom. The molecule has 0 aliphatic carbocycles. The lowest BCUT2D eigenvalue weighted by Crippen LogP contribution is -2.23. The molecule has 1 aromatic heterocycles. The Bertz CT molecular complexity index is 272. The minimum Gasteiger partial charge on any atom is -0.453 e. The van der Waals surface area contributed by atoms with Crippen LogP contribution in [0.15, 0.2) is 19.6 Å². The van der Waals surface area contributed by atoms with Crippen LogP contribution in [0, 0.1) is 0 Å². The summed E-state index contributed by atoms with van der Waals surface area (Å²) in [4.78, 5) is 0. The van der Waals surface area contributed by atoms with Gasteiger partial charge in [0, 0.05) is 12.5 Å². The predicted octanol–water partition coefficient (Wildman–Crippen LogP) is 3.10. The summed E-state index contributed by atoms with van der Waals surface area (Å²) in [6.07, 6.45) is 3.54. The van der Waals surface area contributed by atoms with Crippen molar-refractivity contribution in [2.45, 2.75) is 25.3 Å². The van der Waals surface area contributed by atoms with Crippen LogP contribution < -0.4 is 5.32 Å². The van der Waals surface area contributed by atoms with E-state index in [2.05, 4.69) is 37.2 Å². The van der Waals surface area contributed by atoms with E-state index in [1.807, 2.05) is 6.07 Å². The quantitative estimate of drug-likeness (QED) is 0.908. The van der Waals surface area contributed by atoms with Gasteiger partial charge in [0.15, 0.2) is 4.67 Å². The van der Waals surface area contributed by atoms with E-state index in [4.69, 9.17) is 4.42 Å². The molecule has 1 N–H and O–H groups in total. The van der Waals surface area contributed by atoms with E-state index >= 15 is 0 Å². The van der Waals surface area contributed by atoms with Gasteiger partial charge in [-0.25, -0.2) is 0 Å². The summed E-state index contributed by atoms with van der Waals surface area (Å²) in [6.45, 7) is 1.15. The van der Waals surface area contributed by atoms with Gasteiger partial charge >= 0.3 is 0 Å². The normalized spacial score (nSPS) is 22.5. The number of hydrogen-bond acceptors (Lipinski definition) is 2. The van der Waals surface area contributed by atoms with Gasteiger partial charge in [-0.2, -0.15) is 0 Å². The molecule has 0 aromatic carbocycles. The number of furan rings is 1. The van der Waals surface area contributed by atoms with Crippen LogP contribution in [0.2, 0.25) is 0 Å². The van der Waals surface area contributed by atoms with Crippen molar-refractivity contribution in [2.75, 3.05) is 6.54 Å². The van der Waals surface area contributed by atoms with Gasteiger partial charge in [0.1, 0.15) is 5.76 Å². The van der Waals surface area contributed by atoms with Crippen LogP contribution in [-0.2, 0) is 6.42 Å². The van der Waals surface area contributed by atoms with Gasteiger partial charge in [-0.05, 0) is 57.3 Å². The molecule has 4 heteroatoms. The minimum atomic E-state index is 0.602. The Balaban J connectivity index is 2.00. The summed E-state index contributed by atoms with van der Waals surface area (Å²) < 4.78 is 7.30. The lowest BCUT2D eigenvalue weighted by molar-refractivity contribution is 0.454. The molecule has 1 unspecified atom stereocenters. The molecule has 2 rings (SSSR count). The molecule has 0 amide bonds. The fourth-order valence-corrected chi connectivity index (χ4v) is 2.32. The lowest BCUT2D eigenvalue weighted by Gasteiger charge is -2.06.